The van der Waals surface area contributed by atoms with Gasteiger partial charge in [-0.15, -0.1) is 0 Å². The minimum Gasteiger partial charge on any atom is -0.497 e. The second-order valence-corrected chi connectivity index (χ2v) is 6.96. The average molecular weight is 405 g/mol. The zero-order chi connectivity index (χ0) is 21.3. The molecule has 0 heterocycles. The van der Waals surface area contributed by atoms with Gasteiger partial charge in [0, 0.05) is 23.7 Å². The monoisotopic (exact) mass is 405 g/mol. The van der Waals surface area contributed by atoms with E-state index in [0.717, 1.165) is 11.3 Å². The summed E-state index contributed by atoms with van der Waals surface area (Å²) in [5, 5.41) is 10.7. The van der Waals surface area contributed by atoms with Crippen molar-refractivity contribution in [1.82, 2.24) is 0 Å². The maximum Gasteiger partial charge on any atom is 0.227 e. The van der Waals surface area contributed by atoms with Crippen LogP contribution in [0.15, 0.2) is 78.9 Å². The standard InChI is InChI=1S/C25H27NO4/c1-29-21-13-14-22(24(17-21)30-2)23(27)15-16-25(28)26(20-11-7-4-8-12-20)18-19-9-5-3-6-10-19/h3-14,17,23,27H,15-16,18H2,1-2H3. The first-order valence-corrected chi connectivity index (χ1v) is 9.91. The fourth-order valence-electron chi connectivity index (χ4n) is 3.34. The largest absolute Gasteiger partial charge is 0.497 e. The molecule has 0 fully saturated rings. The van der Waals surface area contributed by atoms with Crippen molar-refractivity contribution in [2.24, 2.45) is 0 Å². The maximum absolute atomic E-state index is 13.1. The third-order valence-corrected chi connectivity index (χ3v) is 4.98. The number of aliphatic hydroxyl groups excluding tert-OH is 1. The molecule has 0 radical (unpaired) electrons. The van der Waals surface area contributed by atoms with Crippen LogP contribution in [0.1, 0.15) is 30.1 Å². The van der Waals surface area contributed by atoms with Gasteiger partial charge < -0.3 is 19.5 Å². The van der Waals surface area contributed by atoms with Gasteiger partial charge in [0.25, 0.3) is 0 Å². The van der Waals surface area contributed by atoms with Crippen molar-refractivity contribution >= 4 is 11.6 Å². The molecule has 0 aliphatic rings. The summed E-state index contributed by atoms with van der Waals surface area (Å²) >= 11 is 0. The molecule has 156 valence electrons. The number of benzene rings is 3. The Labute approximate surface area is 177 Å². The number of amides is 1. The molecular formula is C25H27NO4. The van der Waals surface area contributed by atoms with Crippen LogP contribution in [0.2, 0.25) is 0 Å². The first-order chi connectivity index (χ1) is 14.6. The van der Waals surface area contributed by atoms with E-state index in [1.807, 2.05) is 60.7 Å². The van der Waals surface area contributed by atoms with Crippen molar-refractivity contribution in [3.63, 3.8) is 0 Å². The van der Waals surface area contributed by atoms with Crippen LogP contribution in [0.5, 0.6) is 11.5 Å². The molecular weight excluding hydrogens is 378 g/mol. The molecule has 5 heteroatoms. The molecule has 1 unspecified atom stereocenters. The summed E-state index contributed by atoms with van der Waals surface area (Å²) in [5.41, 5.74) is 2.52. The number of hydrogen-bond acceptors (Lipinski definition) is 4. The lowest BCUT2D eigenvalue weighted by Gasteiger charge is -2.24. The van der Waals surface area contributed by atoms with Crippen LogP contribution < -0.4 is 14.4 Å². The Hall–Kier alpha value is -3.31. The third kappa shape index (κ3) is 5.39. The number of methoxy groups -OCH3 is 2. The number of rotatable bonds is 9. The van der Waals surface area contributed by atoms with Crippen molar-refractivity contribution in [3.05, 3.63) is 90.0 Å². The predicted octanol–water partition coefficient (Wildman–Crippen LogP) is 4.75. The van der Waals surface area contributed by atoms with Crippen LogP contribution in [0.4, 0.5) is 5.69 Å². The van der Waals surface area contributed by atoms with Gasteiger partial charge in [0.15, 0.2) is 0 Å². The minimum absolute atomic E-state index is 0.0448. The Balaban J connectivity index is 1.73. The molecule has 5 nitrogen and oxygen atoms in total. The van der Waals surface area contributed by atoms with Crippen molar-refractivity contribution in [1.29, 1.82) is 0 Å². The van der Waals surface area contributed by atoms with E-state index in [4.69, 9.17) is 9.47 Å². The number of aliphatic hydroxyl groups is 1. The van der Waals surface area contributed by atoms with E-state index in [1.54, 1.807) is 37.3 Å². The molecule has 1 atom stereocenters. The van der Waals surface area contributed by atoms with E-state index in [0.29, 0.717) is 30.0 Å². The molecule has 0 aliphatic carbocycles. The number of anilines is 1. The SMILES string of the molecule is COc1ccc(C(O)CCC(=O)N(Cc2ccccc2)c2ccccc2)c(OC)c1. The Kier molecular flexibility index (Phi) is 7.46. The van der Waals surface area contributed by atoms with Crippen molar-refractivity contribution in [3.8, 4) is 11.5 Å². The van der Waals surface area contributed by atoms with Gasteiger partial charge in [-0.3, -0.25) is 4.79 Å². The van der Waals surface area contributed by atoms with Crippen molar-refractivity contribution < 1.29 is 19.4 Å². The van der Waals surface area contributed by atoms with Crippen LogP contribution in [0.3, 0.4) is 0 Å². The van der Waals surface area contributed by atoms with Gasteiger partial charge in [-0.05, 0) is 36.2 Å². The normalized spacial score (nSPS) is 11.6. The van der Waals surface area contributed by atoms with Crippen LogP contribution in [-0.2, 0) is 11.3 Å². The molecule has 0 saturated heterocycles. The summed E-state index contributed by atoms with van der Waals surface area (Å²) in [6.45, 7) is 0.478. The smallest absolute Gasteiger partial charge is 0.227 e. The third-order valence-electron chi connectivity index (χ3n) is 4.98. The summed E-state index contributed by atoms with van der Waals surface area (Å²) in [7, 11) is 3.13. The Bertz CT molecular complexity index is 944. The van der Waals surface area contributed by atoms with Gasteiger partial charge in [0.1, 0.15) is 11.5 Å². The maximum atomic E-state index is 13.1. The second kappa shape index (κ2) is 10.5. The first-order valence-electron chi connectivity index (χ1n) is 9.91. The van der Waals surface area contributed by atoms with Crippen LogP contribution in [0, 0.1) is 0 Å². The number of carbonyl (C=O) groups excluding carboxylic acids is 1. The van der Waals surface area contributed by atoms with E-state index in [1.165, 1.54) is 0 Å². The average Bonchev–Trinajstić information content (AvgIpc) is 2.81. The van der Waals surface area contributed by atoms with E-state index in [9.17, 15) is 9.90 Å². The van der Waals surface area contributed by atoms with Gasteiger partial charge in [0.05, 0.1) is 26.9 Å². The molecule has 0 spiro atoms. The number of carbonyl (C=O) groups is 1. The molecule has 0 saturated carbocycles. The van der Waals surface area contributed by atoms with E-state index in [-0.39, 0.29) is 12.3 Å². The fraction of sp³-hybridized carbons (Fsp3) is 0.240. The van der Waals surface area contributed by atoms with Gasteiger partial charge in [-0.25, -0.2) is 0 Å². The van der Waals surface area contributed by atoms with E-state index >= 15 is 0 Å². The summed E-state index contributed by atoms with van der Waals surface area (Å²) in [6, 6.07) is 24.7. The second-order valence-electron chi connectivity index (χ2n) is 6.96. The lowest BCUT2D eigenvalue weighted by atomic mass is 10.0. The quantitative estimate of drug-likeness (QED) is 0.558. The molecule has 1 amide bonds. The first kappa shape index (κ1) is 21.4. The zero-order valence-corrected chi connectivity index (χ0v) is 17.3. The van der Waals surface area contributed by atoms with E-state index < -0.39 is 6.10 Å². The van der Waals surface area contributed by atoms with Gasteiger partial charge in [0.2, 0.25) is 5.91 Å². The highest BCUT2D eigenvalue weighted by molar-refractivity contribution is 5.93. The highest BCUT2D eigenvalue weighted by Crippen LogP contribution is 2.32. The summed E-state index contributed by atoms with van der Waals surface area (Å²) in [4.78, 5) is 14.9. The lowest BCUT2D eigenvalue weighted by molar-refractivity contribution is -0.119. The number of hydrogen-bond donors (Lipinski definition) is 1. The molecule has 3 aromatic carbocycles. The number of ether oxygens (including phenoxy) is 2. The fourth-order valence-corrected chi connectivity index (χ4v) is 3.34. The summed E-state index contributed by atoms with van der Waals surface area (Å²) < 4.78 is 10.6. The zero-order valence-electron chi connectivity index (χ0n) is 17.3. The minimum atomic E-state index is -0.816. The summed E-state index contributed by atoms with van der Waals surface area (Å²) in [6.07, 6.45) is -0.318. The van der Waals surface area contributed by atoms with Crippen LogP contribution >= 0.6 is 0 Å². The van der Waals surface area contributed by atoms with Crippen LogP contribution in [-0.4, -0.2) is 25.2 Å². The van der Waals surface area contributed by atoms with Crippen molar-refractivity contribution in [2.45, 2.75) is 25.5 Å². The topological polar surface area (TPSA) is 59.0 Å². The summed E-state index contributed by atoms with van der Waals surface area (Å²) in [5.74, 6) is 1.15. The van der Waals surface area contributed by atoms with E-state index in [2.05, 4.69) is 0 Å². The van der Waals surface area contributed by atoms with Crippen molar-refractivity contribution in [2.75, 3.05) is 19.1 Å². The van der Waals surface area contributed by atoms with Gasteiger partial charge in [-0.1, -0.05) is 48.5 Å². The molecule has 3 rings (SSSR count). The highest BCUT2D eigenvalue weighted by Gasteiger charge is 2.20. The molecule has 0 bridgehead atoms. The Morgan fingerprint density at radius 3 is 2.23 bits per heavy atom. The van der Waals surface area contributed by atoms with Gasteiger partial charge >= 0.3 is 0 Å². The predicted molar refractivity (Wildman–Crippen MR) is 118 cm³/mol. The molecule has 0 aliphatic heterocycles. The van der Waals surface area contributed by atoms with Crippen LogP contribution in [0.25, 0.3) is 0 Å². The molecule has 3 aromatic rings. The highest BCUT2D eigenvalue weighted by atomic mass is 16.5. The van der Waals surface area contributed by atoms with Gasteiger partial charge in [-0.2, -0.15) is 0 Å². The Morgan fingerprint density at radius 1 is 0.933 bits per heavy atom. The molecule has 0 aromatic heterocycles. The number of nitrogens with zero attached hydrogens (tertiary/aromatic N) is 1. The Morgan fingerprint density at radius 2 is 1.60 bits per heavy atom. The molecule has 1 N–H and O–H groups in total. The lowest BCUT2D eigenvalue weighted by Crippen LogP contribution is -2.30. The number of para-hydroxylation sites is 1. The molecule has 30 heavy (non-hydrogen) atoms.